The molecular weight excluding hydrogens is 168 g/mol. The number of urea groups is 1. The molecule has 0 saturated carbocycles. The first-order valence-corrected chi connectivity index (χ1v) is 4.78. The number of nitrogens with one attached hydrogen (secondary N) is 2. The summed E-state index contributed by atoms with van der Waals surface area (Å²) < 4.78 is 0. The summed E-state index contributed by atoms with van der Waals surface area (Å²) in [6.45, 7) is 6.27. The fraction of sp³-hybridized carbons (Fsp3) is 0.889. The maximum atomic E-state index is 11.1. The number of rotatable bonds is 5. The maximum absolute atomic E-state index is 11.1. The van der Waals surface area contributed by atoms with E-state index in [2.05, 4.69) is 10.6 Å². The Morgan fingerprint density at radius 2 is 2.08 bits per heavy atom. The minimum Gasteiger partial charge on any atom is -0.393 e. The second kappa shape index (κ2) is 6.71. The number of carbonyl (C=O) groups is 1. The predicted octanol–water partition coefficient (Wildman–Crippen LogP) is 0.855. The maximum Gasteiger partial charge on any atom is 0.314 e. The molecule has 2 atom stereocenters. The third-order valence-electron chi connectivity index (χ3n) is 1.61. The van der Waals surface area contributed by atoms with Gasteiger partial charge in [0.25, 0.3) is 0 Å². The lowest BCUT2D eigenvalue weighted by Crippen LogP contribution is -2.42. The molecule has 0 aliphatic rings. The summed E-state index contributed by atoms with van der Waals surface area (Å²) >= 11 is 0. The van der Waals surface area contributed by atoms with Gasteiger partial charge in [-0.2, -0.15) is 0 Å². The van der Waals surface area contributed by atoms with Gasteiger partial charge >= 0.3 is 6.03 Å². The van der Waals surface area contributed by atoms with E-state index in [0.717, 1.165) is 6.42 Å². The van der Waals surface area contributed by atoms with Crippen molar-refractivity contribution in [3.05, 3.63) is 0 Å². The van der Waals surface area contributed by atoms with Crippen molar-refractivity contribution in [2.24, 2.45) is 0 Å². The van der Waals surface area contributed by atoms with Crippen molar-refractivity contribution in [1.82, 2.24) is 10.6 Å². The molecule has 13 heavy (non-hydrogen) atoms. The molecule has 0 saturated heterocycles. The first-order valence-electron chi connectivity index (χ1n) is 4.78. The third-order valence-corrected chi connectivity index (χ3v) is 1.61. The molecule has 0 aromatic carbocycles. The topological polar surface area (TPSA) is 61.4 Å². The zero-order chi connectivity index (χ0) is 10.3. The van der Waals surface area contributed by atoms with Crippen LogP contribution >= 0.6 is 0 Å². The van der Waals surface area contributed by atoms with Crippen LogP contribution in [0.2, 0.25) is 0 Å². The van der Waals surface area contributed by atoms with E-state index < -0.39 is 0 Å². The lowest BCUT2D eigenvalue weighted by Gasteiger charge is -2.15. The van der Waals surface area contributed by atoms with Crippen LogP contribution in [0.25, 0.3) is 0 Å². The van der Waals surface area contributed by atoms with Gasteiger partial charge in [0.1, 0.15) is 0 Å². The first-order chi connectivity index (χ1) is 6.06. The Hall–Kier alpha value is -0.770. The highest BCUT2D eigenvalue weighted by molar-refractivity contribution is 5.74. The van der Waals surface area contributed by atoms with Crippen molar-refractivity contribution < 1.29 is 9.90 Å². The van der Waals surface area contributed by atoms with Gasteiger partial charge in [-0.25, -0.2) is 4.79 Å². The van der Waals surface area contributed by atoms with Gasteiger partial charge in [-0.05, 0) is 26.7 Å². The minimum atomic E-state index is -0.374. The molecule has 3 N–H and O–H groups in total. The second-order valence-corrected chi connectivity index (χ2v) is 3.39. The quantitative estimate of drug-likeness (QED) is 0.599. The summed E-state index contributed by atoms with van der Waals surface area (Å²) in [6, 6.07) is -0.146. The van der Waals surface area contributed by atoms with Gasteiger partial charge in [-0.1, -0.05) is 6.92 Å². The zero-order valence-corrected chi connectivity index (χ0v) is 8.63. The highest BCUT2D eigenvalue weighted by atomic mass is 16.3. The van der Waals surface area contributed by atoms with E-state index in [1.54, 1.807) is 6.92 Å². The molecule has 0 fully saturated rings. The summed E-state index contributed by atoms with van der Waals surface area (Å²) in [7, 11) is 0. The van der Waals surface area contributed by atoms with Crippen LogP contribution < -0.4 is 10.6 Å². The number of hydrogen-bond acceptors (Lipinski definition) is 2. The first kappa shape index (κ1) is 12.2. The molecule has 2 unspecified atom stereocenters. The Morgan fingerprint density at radius 3 is 2.54 bits per heavy atom. The van der Waals surface area contributed by atoms with E-state index in [-0.39, 0.29) is 18.2 Å². The Kier molecular flexibility index (Phi) is 6.32. The number of aliphatic hydroxyl groups is 1. The van der Waals surface area contributed by atoms with E-state index in [9.17, 15) is 4.79 Å². The number of hydrogen-bond donors (Lipinski definition) is 3. The van der Waals surface area contributed by atoms with Crippen molar-refractivity contribution in [2.45, 2.75) is 45.8 Å². The van der Waals surface area contributed by atoms with Gasteiger partial charge in [0.2, 0.25) is 0 Å². The lowest BCUT2D eigenvalue weighted by molar-refractivity contribution is 0.170. The molecule has 4 heteroatoms. The molecule has 0 aliphatic carbocycles. The smallest absolute Gasteiger partial charge is 0.314 e. The van der Waals surface area contributed by atoms with Crippen molar-refractivity contribution in [3.63, 3.8) is 0 Å². The second-order valence-electron chi connectivity index (χ2n) is 3.39. The van der Waals surface area contributed by atoms with Gasteiger partial charge < -0.3 is 15.7 Å². The van der Waals surface area contributed by atoms with Crippen LogP contribution in [0.15, 0.2) is 0 Å². The molecule has 0 heterocycles. The van der Waals surface area contributed by atoms with Crippen LogP contribution in [0.3, 0.4) is 0 Å². The Balaban J connectivity index is 3.53. The average molecular weight is 188 g/mol. The number of amides is 2. The standard InChI is InChI=1S/C9H20N2O2/c1-4-5-10-9(13)11-7(2)6-8(3)12/h7-8,12H,4-6H2,1-3H3,(H2,10,11,13). The third kappa shape index (κ3) is 7.59. The Labute approximate surface area is 79.7 Å². The predicted molar refractivity (Wildman–Crippen MR) is 52.6 cm³/mol. The van der Waals surface area contributed by atoms with Crippen LogP contribution in [-0.2, 0) is 0 Å². The van der Waals surface area contributed by atoms with E-state index in [0.29, 0.717) is 13.0 Å². The van der Waals surface area contributed by atoms with Gasteiger partial charge in [0.05, 0.1) is 6.10 Å². The molecule has 0 aromatic heterocycles. The molecule has 0 aromatic rings. The van der Waals surface area contributed by atoms with Crippen molar-refractivity contribution >= 4 is 6.03 Å². The van der Waals surface area contributed by atoms with Gasteiger partial charge in [-0.3, -0.25) is 0 Å². The molecule has 78 valence electrons. The molecule has 2 amide bonds. The highest BCUT2D eigenvalue weighted by Crippen LogP contribution is 1.95. The number of aliphatic hydroxyl groups excluding tert-OH is 1. The summed E-state index contributed by atoms with van der Waals surface area (Å²) in [5.74, 6) is 0. The fourth-order valence-electron chi connectivity index (χ4n) is 1.08. The van der Waals surface area contributed by atoms with E-state index in [1.165, 1.54) is 0 Å². The van der Waals surface area contributed by atoms with E-state index >= 15 is 0 Å². The average Bonchev–Trinajstić information content (AvgIpc) is 1.98. The summed E-state index contributed by atoms with van der Waals surface area (Å²) in [4.78, 5) is 11.1. The van der Waals surface area contributed by atoms with Crippen LogP contribution in [0, 0.1) is 0 Å². The van der Waals surface area contributed by atoms with E-state index in [4.69, 9.17) is 5.11 Å². The monoisotopic (exact) mass is 188 g/mol. The largest absolute Gasteiger partial charge is 0.393 e. The zero-order valence-electron chi connectivity index (χ0n) is 8.63. The van der Waals surface area contributed by atoms with Crippen LogP contribution in [0.4, 0.5) is 4.79 Å². The van der Waals surface area contributed by atoms with Crippen molar-refractivity contribution in [3.8, 4) is 0 Å². The summed E-state index contributed by atoms with van der Waals surface area (Å²) in [6.07, 6.45) is 1.14. The van der Waals surface area contributed by atoms with Crippen LogP contribution in [0.5, 0.6) is 0 Å². The van der Waals surface area contributed by atoms with E-state index in [1.807, 2.05) is 13.8 Å². The van der Waals surface area contributed by atoms with Gasteiger partial charge in [-0.15, -0.1) is 0 Å². The van der Waals surface area contributed by atoms with Crippen LogP contribution in [-0.4, -0.2) is 29.8 Å². The number of carbonyl (C=O) groups excluding carboxylic acids is 1. The molecule has 0 radical (unpaired) electrons. The van der Waals surface area contributed by atoms with Crippen LogP contribution in [0.1, 0.15) is 33.6 Å². The van der Waals surface area contributed by atoms with Crippen molar-refractivity contribution in [1.29, 1.82) is 0 Å². The lowest BCUT2D eigenvalue weighted by atomic mass is 10.2. The summed E-state index contributed by atoms with van der Waals surface area (Å²) in [5, 5.41) is 14.5. The molecule has 0 spiro atoms. The summed E-state index contributed by atoms with van der Waals surface area (Å²) in [5.41, 5.74) is 0. The minimum absolute atomic E-state index is 0.0110. The molecular formula is C9H20N2O2. The van der Waals surface area contributed by atoms with Gasteiger partial charge in [0.15, 0.2) is 0 Å². The Bertz CT molecular complexity index is 149. The molecule has 0 bridgehead atoms. The fourth-order valence-corrected chi connectivity index (χ4v) is 1.08. The highest BCUT2D eigenvalue weighted by Gasteiger charge is 2.08. The van der Waals surface area contributed by atoms with Gasteiger partial charge in [0, 0.05) is 12.6 Å². The molecule has 0 rings (SSSR count). The molecule has 4 nitrogen and oxygen atoms in total. The molecule has 0 aliphatic heterocycles. The SMILES string of the molecule is CCCNC(=O)NC(C)CC(C)O. The Morgan fingerprint density at radius 1 is 1.46 bits per heavy atom. The van der Waals surface area contributed by atoms with Crippen molar-refractivity contribution in [2.75, 3.05) is 6.54 Å². The normalized spacial score (nSPS) is 14.8.